The van der Waals surface area contributed by atoms with Crippen LogP contribution in [0.25, 0.3) is 0 Å². The lowest BCUT2D eigenvalue weighted by Crippen LogP contribution is -2.13. The van der Waals surface area contributed by atoms with Gasteiger partial charge in [0.1, 0.15) is 12.9 Å². The molecule has 0 saturated carbocycles. The van der Waals surface area contributed by atoms with Crippen molar-refractivity contribution in [2.24, 2.45) is 0 Å². The number of rotatable bonds is 7. The number of nitrogens with one attached hydrogen (secondary N) is 2. The van der Waals surface area contributed by atoms with Crippen LogP contribution < -0.4 is 14.9 Å². The summed E-state index contributed by atoms with van der Waals surface area (Å²) in [6.45, 7) is 0.863. The zero-order valence-electron chi connectivity index (χ0n) is 13.8. The summed E-state index contributed by atoms with van der Waals surface area (Å²) in [5.74, 6) is 1.26. The lowest BCUT2D eigenvalue weighted by atomic mass is 10.2. The van der Waals surface area contributed by atoms with Gasteiger partial charge in [0, 0.05) is 15.6 Å². The number of halogens is 2. The first kappa shape index (κ1) is 18.6. The predicted octanol–water partition coefficient (Wildman–Crippen LogP) is 4.58. The summed E-state index contributed by atoms with van der Waals surface area (Å²) in [6.07, 6.45) is 1.58. The van der Waals surface area contributed by atoms with E-state index in [1.807, 2.05) is 24.3 Å². The zero-order chi connectivity index (χ0) is 18.5. The molecule has 0 amide bonds. The number of aromatic amines is 1. The van der Waals surface area contributed by atoms with Crippen LogP contribution in [0.2, 0.25) is 10.0 Å². The second kappa shape index (κ2) is 8.44. The molecule has 0 bridgehead atoms. The van der Waals surface area contributed by atoms with Gasteiger partial charge in [0.05, 0.1) is 13.7 Å². The Morgan fingerprint density at radius 1 is 1.19 bits per heavy atom. The molecule has 6 nitrogen and oxygen atoms in total. The zero-order valence-corrected chi connectivity index (χ0v) is 16.2. The Hall–Kier alpha value is -2.22. The van der Waals surface area contributed by atoms with E-state index in [9.17, 15) is 0 Å². The van der Waals surface area contributed by atoms with Gasteiger partial charge in [-0.05, 0) is 42.0 Å². The summed E-state index contributed by atoms with van der Waals surface area (Å²) in [6, 6.07) is 11.0. The molecular weight excluding hydrogens is 395 g/mol. The van der Waals surface area contributed by atoms with Gasteiger partial charge in [-0.3, -0.25) is 5.10 Å². The fraction of sp³-hybridized carbons (Fsp3) is 0.176. The minimum absolute atomic E-state index is 0.314. The largest absolute Gasteiger partial charge is 0.493 e. The van der Waals surface area contributed by atoms with E-state index >= 15 is 0 Å². The van der Waals surface area contributed by atoms with E-state index in [1.54, 1.807) is 30.2 Å². The fourth-order valence-electron chi connectivity index (χ4n) is 2.27. The van der Waals surface area contributed by atoms with Crippen molar-refractivity contribution in [2.45, 2.75) is 13.2 Å². The van der Waals surface area contributed by atoms with Gasteiger partial charge < -0.3 is 14.9 Å². The Morgan fingerprint density at radius 2 is 2.04 bits per heavy atom. The molecule has 0 saturated heterocycles. The molecule has 3 aromatic rings. The average molecular weight is 411 g/mol. The number of ether oxygens (including phenoxy) is 2. The van der Waals surface area contributed by atoms with E-state index in [4.69, 9.17) is 44.9 Å². The lowest BCUT2D eigenvalue weighted by Gasteiger charge is -2.13. The van der Waals surface area contributed by atoms with Gasteiger partial charge in [0.15, 0.2) is 11.5 Å². The van der Waals surface area contributed by atoms with Gasteiger partial charge in [-0.15, -0.1) is 0 Å². The Kier molecular flexibility index (Phi) is 6.03. The molecule has 0 aliphatic rings. The molecule has 0 radical (unpaired) electrons. The molecule has 1 aromatic heterocycles. The topological polar surface area (TPSA) is 64.1 Å². The smallest absolute Gasteiger partial charge is 0.214 e. The average Bonchev–Trinajstić information content (AvgIpc) is 3.04. The van der Waals surface area contributed by atoms with Crippen molar-refractivity contribution >= 4 is 35.4 Å². The highest BCUT2D eigenvalue weighted by atomic mass is 35.5. The van der Waals surface area contributed by atoms with Crippen LogP contribution in [0.15, 0.2) is 42.7 Å². The first-order valence-corrected chi connectivity index (χ1v) is 8.83. The fourth-order valence-corrected chi connectivity index (χ4v) is 2.90. The Balaban J connectivity index is 1.68. The van der Waals surface area contributed by atoms with Crippen LogP contribution >= 0.6 is 35.4 Å². The van der Waals surface area contributed by atoms with Gasteiger partial charge in [-0.25, -0.2) is 4.68 Å². The molecule has 136 valence electrons. The number of nitrogens with zero attached hydrogens (tertiary/aromatic N) is 2. The van der Waals surface area contributed by atoms with Crippen molar-refractivity contribution in [1.82, 2.24) is 14.9 Å². The summed E-state index contributed by atoms with van der Waals surface area (Å²) in [5.41, 5.74) is 4.99. The van der Waals surface area contributed by atoms with Crippen molar-refractivity contribution < 1.29 is 9.47 Å². The first-order valence-electron chi connectivity index (χ1n) is 7.66. The Bertz CT molecular complexity index is 958. The number of hydrogen-bond acceptors (Lipinski definition) is 5. The minimum atomic E-state index is 0.314. The lowest BCUT2D eigenvalue weighted by molar-refractivity contribution is 0.284. The summed E-state index contributed by atoms with van der Waals surface area (Å²) in [7, 11) is 1.60. The van der Waals surface area contributed by atoms with Gasteiger partial charge in [0.25, 0.3) is 0 Å². The molecule has 0 spiro atoms. The third-order valence-electron chi connectivity index (χ3n) is 3.63. The maximum atomic E-state index is 6.18. The van der Waals surface area contributed by atoms with Crippen molar-refractivity contribution in [3.63, 3.8) is 0 Å². The predicted molar refractivity (Wildman–Crippen MR) is 104 cm³/mol. The van der Waals surface area contributed by atoms with Crippen molar-refractivity contribution in [3.05, 3.63) is 68.7 Å². The molecule has 0 atom stereocenters. The molecule has 0 aliphatic heterocycles. The number of aromatic nitrogens is 3. The van der Waals surface area contributed by atoms with Crippen LogP contribution in [0.3, 0.4) is 0 Å². The normalized spacial score (nSPS) is 10.6. The molecule has 0 unspecified atom stereocenters. The molecule has 0 aliphatic carbocycles. The highest BCUT2D eigenvalue weighted by Crippen LogP contribution is 2.30. The monoisotopic (exact) mass is 410 g/mol. The summed E-state index contributed by atoms with van der Waals surface area (Å²) < 4.78 is 13.4. The molecule has 9 heteroatoms. The van der Waals surface area contributed by atoms with Crippen LogP contribution in [-0.2, 0) is 13.2 Å². The van der Waals surface area contributed by atoms with Gasteiger partial charge in [0.2, 0.25) is 4.77 Å². The second-order valence-corrected chi connectivity index (χ2v) is 6.61. The number of H-pyrrole nitrogens is 1. The molecule has 26 heavy (non-hydrogen) atoms. The Morgan fingerprint density at radius 3 is 2.73 bits per heavy atom. The van der Waals surface area contributed by atoms with Crippen LogP contribution in [0.1, 0.15) is 11.1 Å². The van der Waals surface area contributed by atoms with Crippen molar-refractivity contribution in [3.8, 4) is 11.5 Å². The van der Waals surface area contributed by atoms with Crippen LogP contribution in [-0.4, -0.2) is 22.0 Å². The van der Waals surface area contributed by atoms with E-state index in [0.717, 1.165) is 11.1 Å². The number of methoxy groups -OCH3 is 1. The van der Waals surface area contributed by atoms with Gasteiger partial charge in [-0.1, -0.05) is 35.3 Å². The first-order chi connectivity index (χ1) is 12.6. The summed E-state index contributed by atoms with van der Waals surface area (Å²) in [5, 5.41) is 7.69. The standard InChI is InChI=1S/C17H16Cl2N4O2S/c1-24-16-6-11(8-21-23-10-20-22-17(23)26)2-5-15(16)25-9-12-3-4-13(18)7-14(12)19/h2-7,10,21H,8-9H2,1H3,(H,22,26). The highest BCUT2D eigenvalue weighted by molar-refractivity contribution is 7.71. The molecule has 1 heterocycles. The molecular formula is C17H16Cl2N4O2S. The minimum Gasteiger partial charge on any atom is -0.493 e. The van der Waals surface area contributed by atoms with Crippen molar-refractivity contribution in [2.75, 3.05) is 12.5 Å². The maximum absolute atomic E-state index is 6.18. The quantitative estimate of drug-likeness (QED) is 0.558. The van der Waals surface area contributed by atoms with Crippen LogP contribution in [0.5, 0.6) is 11.5 Å². The van der Waals surface area contributed by atoms with E-state index in [-0.39, 0.29) is 0 Å². The SMILES string of the molecule is COc1cc(CNn2cn[nH]c2=S)ccc1OCc1ccc(Cl)cc1Cl. The van der Waals surface area contributed by atoms with Crippen LogP contribution in [0, 0.1) is 4.77 Å². The van der Waals surface area contributed by atoms with Crippen molar-refractivity contribution in [1.29, 1.82) is 0 Å². The maximum Gasteiger partial charge on any atom is 0.214 e. The second-order valence-electron chi connectivity index (χ2n) is 5.38. The van der Waals surface area contributed by atoms with E-state index in [0.29, 0.717) is 39.5 Å². The number of hydrogen-bond donors (Lipinski definition) is 2. The van der Waals surface area contributed by atoms with E-state index in [1.165, 1.54) is 0 Å². The Labute approximate surface area is 165 Å². The summed E-state index contributed by atoms with van der Waals surface area (Å²) >= 11 is 17.2. The van der Waals surface area contributed by atoms with E-state index < -0.39 is 0 Å². The third kappa shape index (κ3) is 4.49. The molecule has 2 N–H and O–H groups in total. The molecule has 0 fully saturated rings. The van der Waals surface area contributed by atoms with Gasteiger partial charge >= 0.3 is 0 Å². The highest BCUT2D eigenvalue weighted by Gasteiger charge is 2.08. The van der Waals surface area contributed by atoms with Crippen LogP contribution in [0.4, 0.5) is 0 Å². The van der Waals surface area contributed by atoms with Gasteiger partial charge in [-0.2, -0.15) is 5.10 Å². The third-order valence-corrected chi connectivity index (χ3v) is 4.51. The van der Waals surface area contributed by atoms with E-state index in [2.05, 4.69) is 15.6 Å². The molecule has 2 aromatic carbocycles. The summed E-state index contributed by atoms with van der Waals surface area (Å²) in [4.78, 5) is 0. The number of benzene rings is 2. The molecule has 3 rings (SSSR count).